The van der Waals surface area contributed by atoms with Gasteiger partial charge < -0.3 is 5.32 Å². The van der Waals surface area contributed by atoms with Gasteiger partial charge in [0.05, 0.1) is 5.69 Å². The molecule has 3 nitrogen and oxygen atoms in total. The average molecular weight is 296 g/mol. The van der Waals surface area contributed by atoms with Crippen molar-refractivity contribution in [3.8, 4) is 11.3 Å². The van der Waals surface area contributed by atoms with Crippen LogP contribution in [0.15, 0.2) is 24.3 Å². The van der Waals surface area contributed by atoms with Gasteiger partial charge in [-0.15, -0.1) is 0 Å². The van der Waals surface area contributed by atoms with E-state index in [1.165, 1.54) is 0 Å². The van der Waals surface area contributed by atoms with E-state index in [1.54, 1.807) is 6.07 Å². The van der Waals surface area contributed by atoms with Crippen molar-refractivity contribution in [3.05, 3.63) is 40.1 Å². The summed E-state index contributed by atoms with van der Waals surface area (Å²) in [5, 5.41) is 4.41. The summed E-state index contributed by atoms with van der Waals surface area (Å²) in [6.07, 6.45) is 0.778. The first kappa shape index (κ1) is 14.1. The number of aromatic nitrogens is 2. The van der Waals surface area contributed by atoms with Gasteiger partial charge in [0.2, 0.25) is 0 Å². The normalized spacial score (nSPS) is 10.5. The number of hydrogen-bond donors (Lipinski definition) is 1. The molecule has 19 heavy (non-hydrogen) atoms. The number of benzene rings is 1. The molecular formula is C14H15Cl2N3. The Balaban J connectivity index is 2.50. The molecular weight excluding hydrogens is 281 g/mol. The Hall–Kier alpha value is -1.32. The molecule has 100 valence electrons. The molecule has 2 aromatic rings. The number of hydrogen-bond acceptors (Lipinski definition) is 3. The maximum atomic E-state index is 6.03. The summed E-state index contributed by atoms with van der Waals surface area (Å²) in [6.45, 7) is 4.87. The first-order valence-corrected chi connectivity index (χ1v) is 6.96. The minimum Gasteiger partial charge on any atom is -0.370 e. The summed E-state index contributed by atoms with van der Waals surface area (Å²) in [7, 11) is 0. The topological polar surface area (TPSA) is 37.8 Å². The van der Waals surface area contributed by atoms with Crippen LogP contribution in [0.1, 0.15) is 19.7 Å². The summed E-state index contributed by atoms with van der Waals surface area (Å²) in [5.41, 5.74) is 1.72. The van der Waals surface area contributed by atoms with Crippen molar-refractivity contribution in [1.29, 1.82) is 0 Å². The molecule has 0 unspecified atom stereocenters. The molecule has 0 aliphatic carbocycles. The van der Waals surface area contributed by atoms with Crippen LogP contribution in [-0.2, 0) is 6.42 Å². The molecule has 1 heterocycles. The molecule has 1 aromatic carbocycles. The molecule has 0 saturated carbocycles. The van der Waals surface area contributed by atoms with Crippen molar-refractivity contribution in [1.82, 2.24) is 9.97 Å². The molecule has 0 aliphatic heterocycles. The quantitative estimate of drug-likeness (QED) is 0.906. The summed E-state index contributed by atoms with van der Waals surface area (Å²) < 4.78 is 0. The van der Waals surface area contributed by atoms with E-state index in [4.69, 9.17) is 23.2 Å². The average Bonchev–Trinajstić information content (AvgIpc) is 2.37. The lowest BCUT2D eigenvalue weighted by molar-refractivity contribution is 0.939. The zero-order valence-electron chi connectivity index (χ0n) is 10.9. The zero-order chi connectivity index (χ0) is 13.8. The lowest BCUT2D eigenvalue weighted by Crippen LogP contribution is -2.04. The lowest BCUT2D eigenvalue weighted by Gasteiger charge is -2.09. The van der Waals surface area contributed by atoms with Crippen molar-refractivity contribution in [3.63, 3.8) is 0 Å². The highest BCUT2D eigenvalue weighted by Crippen LogP contribution is 2.27. The number of halogens is 2. The summed E-state index contributed by atoms with van der Waals surface area (Å²) in [4.78, 5) is 8.94. The molecule has 1 aromatic heterocycles. The molecule has 0 fully saturated rings. The van der Waals surface area contributed by atoms with E-state index < -0.39 is 0 Å². The van der Waals surface area contributed by atoms with E-state index in [2.05, 4.69) is 15.3 Å². The maximum absolute atomic E-state index is 6.03. The van der Waals surface area contributed by atoms with Gasteiger partial charge in [0.1, 0.15) is 11.6 Å². The van der Waals surface area contributed by atoms with E-state index in [0.29, 0.717) is 10.0 Å². The van der Waals surface area contributed by atoms with E-state index in [1.807, 2.05) is 32.0 Å². The van der Waals surface area contributed by atoms with Crippen LogP contribution in [0.25, 0.3) is 11.3 Å². The van der Waals surface area contributed by atoms with Gasteiger partial charge in [0.25, 0.3) is 0 Å². The Morgan fingerprint density at radius 1 is 1.00 bits per heavy atom. The highest BCUT2D eigenvalue weighted by Gasteiger charge is 2.07. The monoisotopic (exact) mass is 295 g/mol. The Labute approximate surface area is 123 Å². The van der Waals surface area contributed by atoms with E-state index in [-0.39, 0.29) is 0 Å². The van der Waals surface area contributed by atoms with Gasteiger partial charge >= 0.3 is 0 Å². The highest BCUT2D eigenvalue weighted by atomic mass is 35.5. The fourth-order valence-electron chi connectivity index (χ4n) is 1.78. The van der Waals surface area contributed by atoms with Crippen molar-refractivity contribution in [2.75, 3.05) is 11.9 Å². The molecule has 0 saturated heterocycles. The Kier molecular flexibility index (Phi) is 4.61. The summed E-state index contributed by atoms with van der Waals surface area (Å²) >= 11 is 12.1. The van der Waals surface area contributed by atoms with Gasteiger partial charge in [0, 0.05) is 34.6 Å². The van der Waals surface area contributed by atoms with E-state index in [9.17, 15) is 0 Å². The summed E-state index contributed by atoms with van der Waals surface area (Å²) in [5.74, 6) is 1.62. The van der Waals surface area contributed by atoms with Gasteiger partial charge in [0.15, 0.2) is 0 Å². The molecule has 0 radical (unpaired) electrons. The Morgan fingerprint density at radius 2 is 1.68 bits per heavy atom. The fourth-order valence-corrected chi connectivity index (χ4v) is 2.30. The van der Waals surface area contributed by atoms with Crippen molar-refractivity contribution in [2.24, 2.45) is 0 Å². The van der Waals surface area contributed by atoms with Gasteiger partial charge in [-0.05, 0) is 25.1 Å². The van der Waals surface area contributed by atoms with Crippen LogP contribution in [0.2, 0.25) is 10.0 Å². The highest BCUT2D eigenvalue weighted by molar-refractivity contribution is 6.35. The van der Waals surface area contributed by atoms with Crippen molar-refractivity contribution < 1.29 is 0 Å². The molecule has 0 aliphatic rings. The number of aryl methyl sites for hydroxylation is 1. The van der Waals surface area contributed by atoms with Crippen LogP contribution in [0.4, 0.5) is 5.82 Å². The summed E-state index contributed by atoms with van der Waals surface area (Å²) in [6, 6.07) is 7.32. The SMILES string of the molecule is CCNc1cc(-c2cc(Cl)cc(Cl)c2)nc(CC)n1. The van der Waals surface area contributed by atoms with Crippen LogP contribution < -0.4 is 5.32 Å². The van der Waals surface area contributed by atoms with Crippen LogP contribution in [0.5, 0.6) is 0 Å². The number of nitrogens with zero attached hydrogens (tertiary/aromatic N) is 2. The zero-order valence-corrected chi connectivity index (χ0v) is 12.4. The first-order valence-electron chi connectivity index (χ1n) is 6.20. The second-order valence-electron chi connectivity index (χ2n) is 4.10. The minimum atomic E-state index is 0.601. The number of anilines is 1. The molecule has 0 spiro atoms. The van der Waals surface area contributed by atoms with Gasteiger partial charge in [-0.2, -0.15) is 0 Å². The predicted molar refractivity (Wildman–Crippen MR) is 81.0 cm³/mol. The molecule has 1 N–H and O–H groups in total. The van der Waals surface area contributed by atoms with Crippen molar-refractivity contribution >= 4 is 29.0 Å². The van der Waals surface area contributed by atoms with Gasteiger partial charge in [-0.3, -0.25) is 0 Å². The number of rotatable bonds is 4. The largest absolute Gasteiger partial charge is 0.370 e. The molecule has 0 bridgehead atoms. The smallest absolute Gasteiger partial charge is 0.131 e. The predicted octanol–water partition coefficient (Wildman–Crippen LogP) is 4.44. The fraction of sp³-hybridized carbons (Fsp3) is 0.286. The molecule has 5 heteroatoms. The molecule has 0 atom stereocenters. The van der Waals surface area contributed by atoms with E-state index in [0.717, 1.165) is 35.9 Å². The standard InChI is InChI=1S/C14H15Cl2N3/c1-3-13-18-12(8-14(19-13)17-4-2)9-5-10(15)7-11(16)6-9/h5-8H,3-4H2,1-2H3,(H,17,18,19). The van der Waals surface area contributed by atoms with Crippen LogP contribution >= 0.6 is 23.2 Å². The second kappa shape index (κ2) is 6.22. The van der Waals surface area contributed by atoms with E-state index >= 15 is 0 Å². The third kappa shape index (κ3) is 3.58. The lowest BCUT2D eigenvalue weighted by atomic mass is 10.1. The second-order valence-corrected chi connectivity index (χ2v) is 4.97. The van der Waals surface area contributed by atoms with Crippen LogP contribution in [-0.4, -0.2) is 16.5 Å². The van der Waals surface area contributed by atoms with Crippen LogP contribution in [0.3, 0.4) is 0 Å². The maximum Gasteiger partial charge on any atom is 0.131 e. The Bertz CT molecular complexity index is 565. The number of nitrogens with one attached hydrogen (secondary N) is 1. The van der Waals surface area contributed by atoms with Crippen LogP contribution in [0, 0.1) is 0 Å². The third-order valence-electron chi connectivity index (χ3n) is 2.60. The molecule has 2 rings (SSSR count). The Morgan fingerprint density at radius 3 is 2.26 bits per heavy atom. The minimum absolute atomic E-state index is 0.601. The van der Waals surface area contributed by atoms with Gasteiger partial charge in [-0.1, -0.05) is 30.1 Å². The first-order chi connectivity index (χ1) is 9.12. The van der Waals surface area contributed by atoms with Gasteiger partial charge in [-0.25, -0.2) is 9.97 Å². The third-order valence-corrected chi connectivity index (χ3v) is 3.04. The van der Waals surface area contributed by atoms with Crippen molar-refractivity contribution in [2.45, 2.75) is 20.3 Å². The molecule has 0 amide bonds.